The first-order valence-electron chi connectivity index (χ1n) is 6.85. The van der Waals surface area contributed by atoms with Crippen molar-refractivity contribution in [3.05, 3.63) is 23.4 Å². The first kappa shape index (κ1) is 16.0. The molecule has 2 unspecified atom stereocenters. The van der Waals surface area contributed by atoms with Gasteiger partial charge >= 0.3 is 6.18 Å². The lowest BCUT2D eigenvalue weighted by atomic mass is 9.93. The zero-order chi connectivity index (χ0) is 15.8. The summed E-state index contributed by atoms with van der Waals surface area (Å²) in [5.74, 6) is 0.798. The number of hydrogen-bond acceptors (Lipinski definition) is 3. The van der Waals surface area contributed by atoms with Gasteiger partial charge in [-0.3, -0.25) is 0 Å². The van der Waals surface area contributed by atoms with Crippen LogP contribution in [0.4, 0.5) is 19.0 Å². The van der Waals surface area contributed by atoms with E-state index in [0.29, 0.717) is 18.0 Å². The molecular formula is C14H18F3N3S. The quantitative estimate of drug-likeness (QED) is 0.849. The Hall–Kier alpha value is -1.37. The third kappa shape index (κ3) is 3.45. The topological polar surface area (TPSA) is 42.2 Å². The summed E-state index contributed by atoms with van der Waals surface area (Å²) in [5, 5.41) is 0. The summed E-state index contributed by atoms with van der Waals surface area (Å²) >= 11 is 4.95. The monoisotopic (exact) mass is 317 g/mol. The third-order valence-electron chi connectivity index (χ3n) is 3.84. The summed E-state index contributed by atoms with van der Waals surface area (Å²) in [6.07, 6.45) is -2.65. The van der Waals surface area contributed by atoms with E-state index in [0.717, 1.165) is 18.9 Å². The predicted molar refractivity (Wildman–Crippen MR) is 80.3 cm³/mol. The van der Waals surface area contributed by atoms with E-state index in [9.17, 15) is 13.2 Å². The number of anilines is 1. The second kappa shape index (κ2) is 5.79. The number of nitrogens with two attached hydrogens (primary N) is 1. The van der Waals surface area contributed by atoms with Crippen molar-refractivity contribution in [1.82, 2.24) is 4.98 Å². The van der Waals surface area contributed by atoms with Crippen molar-refractivity contribution in [2.24, 2.45) is 11.7 Å². The van der Waals surface area contributed by atoms with Gasteiger partial charge < -0.3 is 10.6 Å². The van der Waals surface area contributed by atoms with Gasteiger partial charge in [0.1, 0.15) is 16.5 Å². The van der Waals surface area contributed by atoms with Crippen molar-refractivity contribution >= 4 is 23.0 Å². The van der Waals surface area contributed by atoms with Crippen LogP contribution in [0.25, 0.3) is 0 Å². The fraction of sp³-hybridized carbons (Fsp3) is 0.571. The van der Waals surface area contributed by atoms with E-state index >= 15 is 0 Å². The molecule has 1 aromatic heterocycles. The lowest BCUT2D eigenvalue weighted by Crippen LogP contribution is -2.42. The number of nitrogens with zero attached hydrogens (tertiary/aromatic N) is 2. The van der Waals surface area contributed by atoms with Crippen LogP contribution >= 0.6 is 12.2 Å². The fourth-order valence-electron chi connectivity index (χ4n) is 2.74. The van der Waals surface area contributed by atoms with Gasteiger partial charge in [-0.15, -0.1) is 0 Å². The Labute approximate surface area is 127 Å². The van der Waals surface area contributed by atoms with Gasteiger partial charge in [-0.25, -0.2) is 4.98 Å². The van der Waals surface area contributed by atoms with Crippen LogP contribution < -0.4 is 10.6 Å². The number of hydrogen-bond donors (Lipinski definition) is 1. The van der Waals surface area contributed by atoms with Crippen molar-refractivity contribution in [2.75, 3.05) is 11.4 Å². The van der Waals surface area contributed by atoms with Crippen molar-refractivity contribution in [3.63, 3.8) is 0 Å². The zero-order valence-electron chi connectivity index (χ0n) is 11.9. The van der Waals surface area contributed by atoms with Crippen LogP contribution in [0.1, 0.15) is 37.9 Å². The van der Waals surface area contributed by atoms with E-state index in [1.807, 2.05) is 11.8 Å². The van der Waals surface area contributed by atoms with Crippen LogP contribution in [0.3, 0.4) is 0 Å². The minimum Gasteiger partial charge on any atom is -0.389 e. The van der Waals surface area contributed by atoms with E-state index < -0.39 is 11.9 Å². The third-order valence-corrected chi connectivity index (χ3v) is 4.06. The molecule has 2 N–H and O–H groups in total. The molecule has 21 heavy (non-hydrogen) atoms. The summed E-state index contributed by atoms with van der Waals surface area (Å²) in [6, 6.07) is 2.35. The molecule has 0 saturated carbocycles. The molecule has 0 aromatic carbocycles. The van der Waals surface area contributed by atoms with Gasteiger partial charge in [-0.05, 0) is 37.8 Å². The van der Waals surface area contributed by atoms with Crippen LogP contribution in [-0.2, 0) is 6.18 Å². The molecule has 1 fully saturated rings. The number of aromatic nitrogens is 1. The fourth-order valence-corrected chi connectivity index (χ4v) is 2.90. The van der Waals surface area contributed by atoms with Gasteiger partial charge in [0.05, 0.1) is 5.56 Å². The second-order valence-electron chi connectivity index (χ2n) is 5.60. The van der Waals surface area contributed by atoms with E-state index in [4.69, 9.17) is 18.0 Å². The molecule has 3 nitrogen and oxygen atoms in total. The maximum atomic E-state index is 12.9. The Morgan fingerprint density at radius 2 is 2.05 bits per heavy atom. The van der Waals surface area contributed by atoms with Crippen molar-refractivity contribution in [3.8, 4) is 0 Å². The molecule has 0 aliphatic carbocycles. The van der Waals surface area contributed by atoms with Gasteiger partial charge in [-0.1, -0.05) is 19.1 Å². The molecule has 2 heterocycles. The molecule has 1 aromatic rings. The SMILES string of the molecule is CC1CCN(c2nc(C(F)(F)F)ccc2C(N)=S)C(C)C1. The zero-order valence-corrected chi connectivity index (χ0v) is 12.8. The normalized spacial score (nSPS) is 23.2. The van der Waals surface area contributed by atoms with Gasteiger partial charge in [0.25, 0.3) is 0 Å². The van der Waals surface area contributed by atoms with E-state index in [1.165, 1.54) is 6.07 Å². The summed E-state index contributed by atoms with van der Waals surface area (Å²) in [5.41, 5.74) is 5.13. The largest absolute Gasteiger partial charge is 0.433 e. The second-order valence-corrected chi connectivity index (χ2v) is 6.04. The Bertz CT molecular complexity index is 545. The molecule has 1 saturated heterocycles. The average molecular weight is 317 g/mol. The van der Waals surface area contributed by atoms with E-state index in [-0.39, 0.29) is 16.8 Å². The maximum absolute atomic E-state index is 12.9. The van der Waals surface area contributed by atoms with Gasteiger partial charge in [0.15, 0.2) is 0 Å². The molecule has 2 rings (SSSR count). The summed E-state index contributed by atoms with van der Waals surface area (Å²) in [6.45, 7) is 4.79. The molecule has 2 atom stereocenters. The van der Waals surface area contributed by atoms with Crippen molar-refractivity contribution in [2.45, 2.75) is 38.9 Å². The maximum Gasteiger partial charge on any atom is 0.433 e. The number of rotatable bonds is 2. The van der Waals surface area contributed by atoms with Gasteiger partial charge in [0, 0.05) is 12.6 Å². The highest BCUT2D eigenvalue weighted by Gasteiger charge is 2.35. The molecule has 0 radical (unpaired) electrons. The summed E-state index contributed by atoms with van der Waals surface area (Å²) < 4.78 is 38.6. The highest BCUT2D eigenvalue weighted by molar-refractivity contribution is 7.80. The van der Waals surface area contributed by atoms with Crippen LogP contribution in [-0.4, -0.2) is 22.6 Å². The minimum atomic E-state index is -4.48. The number of halogens is 3. The summed E-state index contributed by atoms with van der Waals surface area (Å²) in [7, 11) is 0. The molecule has 7 heteroatoms. The molecule has 0 bridgehead atoms. The molecular weight excluding hydrogens is 299 g/mol. The highest BCUT2D eigenvalue weighted by Crippen LogP contribution is 2.33. The summed E-state index contributed by atoms with van der Waals surface area (Å²) in [4.78, 5) is 5.74. The lowest BCUT2D eigenvalue weighted by molar-refractivity contribution is -0.141. The number of thiocarbonyl (C=S) groups is 1. The Kier molecular flexibility index (Phi) is 4.41. The highest BCUT2D eigenvalue weighted by atomic mass is 32.1. The van der Waals surface area contributed by atoms with E-state index in [2.05, 4.69) is 11.9 Å². The lowest BCUT2D eigenvalue weighted by Gasteiger charge is -2.38. The first-order chi connectivity index (χ1) is 9.70. The van der Waals surface area contributed by atoms with E-state index in [1.54, 1.807) is 0 Å². The van der Waals surface area contributed by atoms with Crippen molar-refractivity contribution in [1.29, 1.82) is 0 Å². The standard InChI is InChI=1S/C14H18F3N3S/c1-8-5-6-20(9(2)7-8)13-10(12(18)21)3-4-11(19-13)14(15,16)17/h3-4,8-9H,5-7H2,1-2H3,(H2,18,21). The molecule has 0 spiro atoms. The molecule has 116 valence electrons. The average Bonchev–Trinajstić information content (AvgIpc) is 2.37. The smallest absolute Gasteiger partial charge is 0.389 e. The van der Waals surface area contributed by atoms with Gasteiger partial charge in [0.2, 0.25) is 0 Å². The first-order valence-corrected chi connectivity index (χ1v) is 7.25. The van der Waals surface area contributed by atoms with Crippen LogP contribution in [0.15, 0.2) is 12.1 Å². The molecule has 1 aliphatic rings. The Morgan fingerprint density at radius 3 is 2.57 bits per heavy atom. The van der Waals surface area contributed by atoms with Gasteiger partial charge in [-0.2, -0.15) is 13.2 Å². The predicted octanol–water partition coefficient (Wildman–Crippen LogP) is 3.36. The molecule has 0 amide bonds. The van der Waals surface area contributed by atoms with Crippen LogP contribution in [0.5, 0.6) is 0 Å². The number of alkyl halides is 3. The Morgan fingerprint density at radius 1 is 1.38 bits per heavy atom. The van der Waals surface area contributed by atoms with Crippen LogP contribution in [0, 0.1) is 5.92 Å². The number of piperidine rings is 1. The van der Waals surface area contributed by atoms with Crippen LogP contribution in [0.2, 0.25) is 0 Å². The number of pyridine rings is 1. The minimum absolute atomic E-state index is 0.0667. The van der Waals surface area contributed by atoms with Crippen molar-refractivity contribution < 1.29 is 13.2 Å². The molecule has 1 aliphatic heterocycles. The Balaban J connectivity index is 2.46.